The minimum Gasteiger partial charge on any atom is -0.508 e. The zero-order chi connectivity index (χ0) is 8.43. The van der Waals surface area contributed by atoms with Gasteiger partial charge in [0.25, 0.3) is 0 Å². The highest BCUT2D eigenvalue weighted by molar-refractivity contribution is 5.61. The second-order valence-corrected chi connectivity index (χ2v) is 2.53. The predicted molar refractivity (Wildman–Crippen MR) is 45.4 cm³/mol. The van der Waals surface area contributed by atoms with Crippen molar-refractivity contribution in [2.75, 3.05) is 0 Å². The first-order chi connectivity index (χ1) is 5.13. The smallest absolute Gasteiger partial charge is 0.117 e. The van der Waals surface area contributed by atoms with Crippen molar-refractivity contribution < 1.29 is 5.11 Å². The van der Waals surface area contributed by atoms with Gasteiger partial charge in [-0.3, -0.25) is 4.98 Å². The van der Waals surface area contributed by atoms with E-state index in [1.165, 1.54) is 0 Å². The average molecular weight is 149 g/mol. The summed E-state index contributed by atoms with van der Waals surface area (Å²) in [6, 6.07) is 1.85. The van der Waals surface area contributed by atoms with Gasteiger partial charge in [-0.25, -0.2) is 0 Å². The van der Waals surface area contributed by atoms with E-state index in [0.29, 0.717) is 0 Å². The van der Waals surface area contributed by atoms with Crippen LogP contribution >= 0.6 is 0 Å². The lowest BCUT2D eigenvalue weighted by molar-refractivity contribution is 0.512. The molecule has 1 heterocycles. The molecule has 0 unspecified atom stereocenters. The van der Waals surface area contributed by atoms with Crippen LogP contribution in [0.15, 0.2) is 18.8 Å². The van der Waals surface area contributed by atoms with Gasteiger partial charge in [-0.1, -0.05) is 6.58 Å². The van der Waals surface area contributed by atoms with E-state index in [2.05, 4.69) is 11.6 Å². The lowest BCUT2D eigenvalue weighted by Crippen LogP contribution is -1.93. The zero-order valence-electron chi connectivity index (χ0n) is 6.76. The molecule has 2 nitrogen and oxygen atoms in total. The van der Waals surface area contributed by atoms with E-state index in [0.717, 1.165) is 16.8 Å². The lowest BCUT2D eigenvalue weighted by Gasteiger charge is -2.05. The summed E-state index contributed by atoms with van der Waals surface area (Å²) in [6.45, 7) is 7.24. The van der Waals surface area contributed by atoms with Crippen LogP contribution in [0, 0.1) is 13.8 Å². The molecule has 0 saturated heterocycles. The minimum absolute atomic E-state index is 0.0908. The molecule has 58 valence electrons. The van der Waals surface area contributed by atoms with Gasteiger partial charge >= 0.3 is 0 Å². The summed E-state index contributed by atoms with van der Waals surface area (Å²) >= 11 is 0. The molecule has 0 spiro atoms. The molecule has 0 aliphatic carbocycles. The molecule has 0 atom stereocenters. The number of hydrogen-bond donors (Lipinski definition) is 1. The van der Waals surface area contributed by atoms with Crippen molar-refractivity contribution in [2.24, 2.45) is 0 Å². The van der Waals surface area contributed by atoms with Gasteiger partial charge in [0.1, 0.15) is 5.76 Å². The molecule has 2 heteroatoms. The normalized spacial score (nSPS) is 9.64. The maximum Gasteiger partial charge on any atom is 0.117 e. The highest BCUT2D eigenvalue weighted by Crippen LogP contribution is 2.16. The molecule has 0 aromatic carbocycles. The van der Waals surface area contributed by atoms with E-state index in [-0.39, 0.29) is 5.76 Å². The summed E-state index contributed by atoms with van der Waals surface area (Å²) in [7, 11) is 0. The Labute approximate surface area is 66.2 Å². The predicted octanol–water partition coefficient (Wildman–Crippen LogP) is 2.23. The molecule has 0 aliphatic heterocycles. The summed E-state index contributed by atoms with van der Waals surface area (Å²) in [4.78, 5) is 4.04. The lowest BCUT2D eigenvalue weighted by atomic mass is 10.1. The third kappa shape index (κ3) is 1.40. The first-order valence-corrected chi connectivity index (χ1v) is 3.43. The van der Waals surface area contributed by atoms with Crippen LogP contribution in [0.1, 0.15) is 16.8 Å². The highest BCUT2D eigenvalue weighted by atomic mass is 16.3. The molecule has 0 saturated carbocycles. The SMILES string of the molecule is C=C(O)c1c(C)ccnc1C. The number of aryl methyl sites for hydroxylation is 2. The molecule has 0 amide bonds. The largest absolute Gasteiger partial charge is 0.508 e. The summed E-state index contributed by atoms with van der Waals surface area (Å²) in [5.41, 5.74) is 2.58. The quantitative estimate of drug-likeness (QED) is 0.621. The van der Waals surface area contributed by atoms with Gasteiger partial charge in [-0.05, 0) is 25.5 Å². The third-order valence-electron chi connectivity index (χ3n) is 1.64. The number of aliphatic hydroxyl groups excluding tert-OH is 1. The van der Waals surface area contributed by atoms with E-state index in [9.17, 15) is 0 Å². The van der Waals surface area contributed by atoms with Gasteiger partial charge in [0.05, 0.1) is 0 Å². The Bertz CT molecular complexity index is 271. The molecular weight excluding hydrogens is 138 g/mol. The van der Waals surface area contributed by atoms with E-state index in [1.54, 1.807) is 6.20 Å². The van der Waals surface area contributed by atoms with Crippen molar-refractivity contribution in [3.63, 3.8) is 0 Å². The molecule has 1 aromatic rings. The fourth-order valence-corrected chi connectivity index (χ4v) is 1.13. The number of hydrogen-bond acceptors (Lipinski definition) is 2. The summed E-state index contributed by atoms with van der Waals surface area (Å²) < 4.78 is 0. The van der Waals surface area contributed by atoms with Crippen molar-refractivity contribution >= 4 is 5.76 Å². The Kier molecular flexibility index (Phi) is 1.94. The third-order valence-corrected chi connectivity index (χ3v) is 1.64. The average Bonchev–Trinajstić information content (AvgIpc) is 1.85. The van der Waals surface area contributed by atoms with Crippen molar-refractivity contribution in [2.45, 2.75) is 13.8 Å². The Morgan fingerprint density at radius 1 is 1.55 bits per heavy atom. The van der Waals surface area contributed by atoms with E-state index in [1.807, 2.05) is 19.9 Å². The topological polar surface area (TPSA) is 33.1 Å². The van der Waals surface area contributed by atoms with Gasteiger partial charge in [-0.2, -0.15) is 0 Å². The molecule has 0 radical (unpaired) electrons. The van der Waals surface area contributed by atoms with Gasteiger partial charge in [0.15, 0.2) is 0 Å². The number of aromatic nitrogens is 1. The maximum atomic E-state index is 9.15. The van der Waals surface area contributed by atoms with E-state index >= 15 is 0 Å². The standard InChI is InChI=1S/C9H11NO/c1-6-4-5-10-7(2)9(6)8(3)11/h4-5,11H,3H2,1-2H3. The van der Waals surface area contributed by atoms with Gasteiger partial charge in [0.2, 0.25) is 0 Å². The maximum absolute atomic E-state index is 9.15. The van der Waals surface area contributed by atoms with E-state index in [4.69, 9.17) is 5.11 Å². The fraction of sp³-hybridized carbons (Fsp3) is 0.222. The Balaban J connectivity index is 3.32. The Morgan fingerprint density at radius 3 is 2.55 bits per heavy atom. The van der Waals surface area contributed by atoms with Crippen LogP contribution in [0.3, 0.4) is 0 Å². The molecule has 0 aliphatic rings. The van der Waals surface area contributed by atoms with Crippen molar-refractivity contribution in [3.8, 4) is 0 Å². The van der Waals surface area contributed by atoms with Crippen LogP contribution in [-0.4, -0.2) is 10.1 Å². The Morgan fingerprint density at radius 2 is 2.18 bits per heavy atom. The molecule has 11 heavy (non-hydrogen) atoms. The van der Waals surface area contributed by atoms with Crippen LogP contribution in [0.2, 0.25) is 0 Å². The summed E-state index contributed by atoms with van der Waals surface area (Å²) in [6.07, 6.45) is 1.72. The first-order valence-electron chi connectivity index (χ1n) is 3.43. The van der Waals surface area contributed by atoms with Crippen molar-refractivity contribution in [3.05, 3.63) is 35.7 Å². The second-order valence-electron chi connectivity index (χ2n) is 2.53. The van der Waals surface area contributed by atoms with Crippen LogP contribution < -0.4 is 0 Å². The van der Waals surface area contributed by atoms with Crippen LogP contribution in [0.4, 0.5) is 0 Å². The molecule has 0 bridgehead atoms. The summed E-state index contributed by atoms with van der Waals surface area (Å²) in [5.74, 6) is 0.0908. The number of pyridine rings is 1. The first kappa shape index (κ1) is 7.79. The van der Waals surface area contributed by atoms with Crippen LogP contribution in [0.5, 0.6) is 0 Å². The molecule has 1 N–H and O–H groups in total. The molecule has 1 aromatic heterocycles. The fourth-order valence-electron chi connectivity index (χ4n) is 1.13. The molecule has 0 fully saturated rings. The highest BCUT2D eigenvalue weighted by Gasteiger charge is 2.04. The van der Waals surface area contributed by atoms with Crippen molar-refractivity contribution in [1.82, 2.24) is 4.98 Å². The van der Waals surface area contributed by atoms with Gasteiger partial charge in [0, 0.05) is 17.5 Å². The minimum atomic E-state index is 0.0908. The molecular formula is C9H11NO. The number of nitrogens with zero attached hydrogens (tertiary/aromatic N) is 1. The monoisotopic (exact) mass is 149 g/mol. The number of aliphatic hydroxyl groups is 1. The summed E-state index contributed by atoms with van der Waals surface area (Å²) in [5, 5.41) is 9.15. The number of rotatable bonds is 1. The van der Waals surface area contributed by atoms with Crippen molar-refractivity contribution in [1.29, 1.82) is 0 Å². The Hall–Kier alpha value is -1.31. The van der Waals surface area contributed by atoms with Gasteiger partial charge < -0.3 is 5.11 Å². The second kappa shape index (κ2) is 2.74. The van der Waals surface area contributed by atoms with Crippen LogP contribution in [0.25, 0.3) is 5.76 Å². The van der Waals surface area contributed by atoms with Crippen LogP contribution in [-0.2, 0) is 0 Å². The molecule has 1 rings (SSSR count). The zero-order valence-corrected chi connectivity index (χ0v) is 6.76. The van der Waals surface area contributed by atoms with Gasteiger partial charge in [-0.15, -0.1) is 0 Å². The van der Waals surface area contributed by atoms with E-state index < -0.39 is 0 Å².